The lowest BCUT2D eigenvalue weighted by atomic mass is 9.91. The predicted octanol–water partition coefficient (Wildman–Crippen LogP) is 3.58. The molecule has 1 atom stereocenters. The van der Waals surface area contributed by atoms with E-state index in [0.717, 1.165) is 37.1 Å². The second kappa shape index (κ2) is 5.83. The average molecular weight is 256 g/mol. The number of halogens is 2. The highest BCUT2D eigenvalue weighted by molar-refractivity contribution is 6.30. The summed E-state index contributed by atoms with van der Waals surface area (Å²) in [6.07, 6.45) is 4.07. The Morgan fingerprint density at radius 1 is 1.47 bits per heavy atom. The van der Waals surface area contributed by atoms with Gasteiger partial charge in [-0.05, 0) is 61.9 Å². The molecule has 2 rings (SSSR count). The van der Waals surface area contributed by atoms with E-state index >= 15 is 0 Å². The normalized spacial score (nSPS) is 20.5. The molecule has 1 fully saturated rings. The van der Waals surface area contributed by atoms with Gasteiger partial charge in [-0.25, -0.2) is 4.39 Å². The Kier molecular flexibility index (Phi) is 4.41. The van der Waals surface area contributed by atoms with Crippen LogP contribution in [0.3, 0.4) is 0 Å². The van der Waals surface area contributed by atoms with Gasteiger partial charge in [0.05, 0.1) is 5.02 Å². The van der Waals surface area contributed by atoms with Gasteiger partial charge in [-0.2, -0.15) is 0 Å². The molecule has 1 aliphatic heterocycles. The lowest BCUT2D eigenvalue weighted by molar-refractivity contribution is 0.372. The molecule has 0 aromatic heterocycles. The molecule has 17 heavy (non-hydrogen) atoms. The van der Waals surface area contributed by atoms with Gasteiger partial charge in [0.15, 0.2) is 0 Å². The maximum atomic E-state index is 13.9. The summed E-state index contributed by atoms with van der Waals surface area (Å²) in [5, 5.41) is 3.63. The second-order valence-electron chi connectivity index (χ2n) is 4.82. The SMILES string of the molecule is CCc1cc(Cl)c(F)c(CC2CCCNC2)c1. The van der Waals surface area contributed by atoms with Gasteiger partial charge in [-0.1, -0.05) is 24.6 Å². The number of rotatable bonds is 3. The minimum absolute atomic E-state index is 0.227. The largest absolute Gasteiger partial charge is 0.316 e. The maximum absolute atomic E-state index is 13.9. The first kappa shape index (κ1) is 12.8. The van der Waals surface area contributed by atoms with Crippen molar-refractivity contribution in [2.45, 2.75) is 32.6 Å². The molecule has 1 aliphatic rings. The lowest BCUT2D eigenvalue weighted by Crippen LogP contribution is -2.31. The molecular weight excluding hydrogens is 237 g/mol. The van der Waals surface area contributed by atoms with Crippen molar-refractivity contribution >= 4 is 11.6 Å². The fourth-order valence-corrected chi connectivity index (χ4v) is 2.73. The fourth-order valence-electron chi connectivity index (χ4n) is 2.47. The topological polar surface area (TPSA) is 12.0 Å². The smallest absolute Gasteiger partial charge is 0.144 e. The standard InChI is InChI=1S/C14H19ClFN/c1-2-10-6-12(14(16)13(15)8-10)7-11-4-3-5-17-9-11/h6,8,11,17H,2-5,7,9H2,1H3. The quantitative estimate of drug-likeness (QED) is 0.871. The fraction of sp³-hybridized carbons (Fsp3) is 0.571. The van der Waals surface area contributed by atoms with Crippen molar-refractivity contribution in [1.29, 1.82) is 0 Å². The van der Waals surface area contributed by atoms with Crippen molar-refractivity contribution in [3.05, 3.63) is 34.1 Å². The van der Waals surface area contributed by atoms with E-state index in [-0.39, 0.29) is 10.8 Å². The van der Waals surface area contributed by atoms with Crippen molar-refractivity contribution in [2.24, 2.45) is 5.92 Å². The van der Waals surface area contributed by atoms with Crippen LogP contribution in [0.15, 0.2) is 12.1 Å². The maximum Gasteiger partial charge on any atom is 0.144 e. The molecule has 1 N–H and O–H groups in total. The molecule has 0 radical (unpaired) electrons. The summed E-state index contributed by atoms with van der Waals surface area (Å²) in [6.45, 7) is 4.15. The van der Waals surface area contributed by atoms with E-state index in [0.29, 0.717) is 5.92 Å². The number of hydrogen-bond donors (Lipinski definition) is 1. The van der Waals surface area contributed by atoms with Crippen molar-refractivity contribution in [2.75, 3.05) is 13.1 Å². The second-order valence-corrected chi connectivity index (χ2v) is 5.23. The lowest BCUT2D eigenvalue weighted by Gasteiger charge is -2.23. The van der Waals surface area contributed by atoms with E-state index in [2.05, 4.69) is 12.2 Å². The Hall–Kier alpha value is -0.600. The molecular formula is C14H19ClFN. The number of aryl methyl sites for hydroxylation is 1. The Labute approximate surface area is 107 Å². The van der Waals surface area contributed by atoms with Gasteiger partial charge < -0.3 is 5.32 Å². The van der Waals surface area contributed by atoms with Gasteiger partial charge in [-0.3, -0.25) is 0 Å². The first-order chi connectivity index (χ1) is 8.20. The highest BCUT2D eigenvalue weighted by Crippen LogP contribution is 2.25. The molecule has 0 aliphatic carbocycles. The van der Waals surface area contributed by atoms with Crippen molar-refractivity contribution in [3.63, 3.8) is 0 Å². The van der Waals surface area contributed by atoms with Gasteiger partial charge >= 0.3 is 0 Å². The Morgan fingerprint density at radius 3 is 2.94 bits per heavy atom. The highest BCUT2D eigenvalue weighted by atomic mass is 35.5. The van der Waals surface area contributed by atoms with Crippen LogP contribution in [0, 0.1) is 11.7 Å². The molecule has 1 nitrogen and oxygen atoms in total. The summed E-state index contributed by atoms with van der Waals surface area (Å²) >= 11 is 5.92. The molecule has 0 saturated carbocycles. The van der Waals surface area contributed by atoms with Gasteiger partial charge in [0.25, 0.3) is 0 Å². The van der Waals surface area contributed by atoms with Crippen LogP contribution in [0.5, 0.6) is 0 Å². The molecule has 3 heteroatoms. The molecule has 1 saturated heterocycles. The first-order valence-electron chi connectivity index (χ1n) is 6.38. The van der Waals surface area contributed by atoms with Crippen LogP contribution < -0.4 is 5.32 Å². The molecule has 1 aromatic carbocycles. The monoisotopic (exact) mass is 255 g/mol. The Balaban J connectivity index is 2.15. The zero-order valence-electron chi connectivity index (χ0n) is 10.2. The van der Waals surface area contributed by atoms with E-state index in [9.17, 15) is 4.39 Å². The summed E-state index contributed by atoms with van der Waals surface area (Å²) in [5.41, 5.74) is 1.90. The molecule has 0 amide bonds. The first-order valence-corrected chi connectivity index (χ1v) is 6.76. The van der Waals surface area contributed by atoms with Gasteiger partial charge in [0, 0.05) is 0 Å². The molecule has 0 spiro atoms. The van der Waals surface area contributed by atoms with Crippen LogP contribution in [-0.2, 0) is 12.8 Å². The third kappa shape index (κ3) is 3.20. The summed E-state index contributed by atoms with van der Waals surface area (Å²) < 4.78 is 13.9. The molecule has 1 unspecified atom stereocenters. The van der Waals surface area contributed by atoms with E-state index < -0.39 is 0 Å². The van der Waals surface area contributed by atoms with Crippen LogP contribution in [0.2, 0.25) is 5.02 Å². The van der Waals surface area contributed by atoms with Gasteiger partial charge in [0.2, 0.25) is 0 Å². The number of piperidine rings is 1. The summed E-state index contributed by atoms with van der Waals surface area (Å²) in [7, 11) is 0. The van der Waals surface area contributed by atoms with E-state index in [1.807, 2.05) is 6.07 Å². The van der Waals surface area contributed by atoms with Crippen LogP contribution in [0.1, 0.15) is 30.9 Å². The minimum Gasteiger partial charge on any atom is -0.316 e. The molecule has 1 aromatic rings. The zero-order valence-corrected chi connectivity index (χ0v) is 11.0. The molecule has 94 valence electrons. The van der Waals surface area contributed by atoms with Crippen LogP contribution in [0.25, 0.3) is 0 Å². The predicted molar refractivity (Wildman–Crippen MR) is 70.1 cm³/mol. The van der Waals surface area contributed by atoms with Crippen molar-refractivity contribution in [1.82, 2.24) is 5.32 Å². The summed E-state index contributed by atoms with van der Waals surface area (Å²) in [4.78, 5) is 0. The zero-order chi connectivity index (χ0) is 12.3. The number of benzene rings is 1. The summed E-state index contributed by atoms with van der Waals surface area (Å²) in [5.74, 6) is 0.316. The van der Waals surface area contributed by atoms with Crippen molar-refractivity contribution in [3.8, 4) is 0 Å². The summed E-state index contributed by atoms with van der Waals surface area (Å²) in [6, 6.07) is 3.70. The third-order valence-electron chi connectivity index (χ3n) is 3.48. The Bertz CT molecular complexity index is 386. The van der Waals surface area contributed by atoms with E-state index in [1.165, 1.54) is 12.8 Å². The van der Waals surface area contributed by atoms with Gasteiger partial charge in [0.1, 0.15) is 5.82 Å². The number of hydrogen-bond acceptors (Lipinski definition) is 1. The van der Waals surface area contributed by atoms with E-state index in [4.69, 9.17) is 11.6 Å². The molecule has 0 bridgehead atoms. The van der Waals surface area contributed by atoms with Gasteiger partial charge in [-0.15, -0.1) is 0 Å². The Morgan fingerprint density at radius 2 is 2.29 bits per heavy atom. The van der Waals surface area contributed by atoms with Crippen LogP contribution in [-0.4, -0.2) is 13.1 Å². The molecule has 1 heterocycles. The van der Waals surface area contributed by atoms with Crippen LogP contribution >= 0.6 is 11.6 Å². The van der Waals surface area contributed by atoms with Crippen LogP contribution in [0.4, 0.5) is 4.39 Å². The highest BCUT2D eigenvalue weighted by Gasteiger charge is 2.17. The van der Waals surface area contributed by atoms with Crippen molar-refractivity contribution < 1.29 is 4.39 Å². The minimum atomic E-state index is -0.227. The number of nitrogens with one attached hydrogen (secondary N) is 1. The average Bonchev–Trinajstić information content (AvgIpc) is 2.36. The third-order valence-corrected chi connectivity index (χ3v) is 3.75. The van der Waals surface area contributed by atoms with E-state index in [1.54, 1.807) is 6.07 Å².